The molecule has 27 heavy (non-hydrogen) atoms. The Morgan fingerprint density at radius 2 is 1.78 bits per heavy atom. The van der Waals surface area contributed by atoms with Crippen molar-refractivity contribution in [2.24, 2.45) is 0 Å². The number of hydrogen-bond donors (Lipinski definition) is 1. The van der Waals surface area contributed by atoms with Crippen LogP contribution >= 0.6 is 11.6 Å². The third kappa shape index (κ3) is 4.19. The molecule has 2 aromatic carbocycles. The lowest BCUT2D eigenvalue weighted by Crippen LogP contribution is -2.22. The first-order valence-electron chi connectivity index (χ1n) is 9.16. The Kier molecular flexibility index (Phi) is 5.21. The van der Waals surface area contributed by atoms with E-state index in [9.17, 15) is 4.79 Å². The van der Waals surface area contributed by atoms with Gasteiger partial charge in [-0.25, -0.2) is 0 Å². The molecule has 138 valence electrons. The number of carbonyl (C=O) groups is 1. The Labute approximate surface area is 162 Å². The van der Waals surface area contributed by atoms with Gasteiger partial charge in [0.25, 0.3) is 5.91 Å². The molecule has 1 heterocycles. The number of rotatable bonds is 5. The topological polar surface area (TPSA) is 68.0 Å². The number of halogens is 1. The molecule has 1 aromatic heterocycles. The first kappa shape index (κ1) is 17.7. The number of benzene rings is 2. The molecule has 0 radical (unpaired) electrons. The summed E-state index contributed by atoms with van der Waals surface area (Å²) < 4.78 is 5.43. The van der Waals surface area contributed by atoms with Crippen molar-refractivity contribution in [1.29, 1.82) is 0 Å². The van der Waals surface area contributed by atoms with Crippen molar-refractivity contribution in [3.05, 3.63) is 70.6 Å². The maximum absolute atomic E-state index is 12.3. The van der Waals surface area contributed by atoms with E-state index in [2.05, 4.69) is 15.5 Å². The van der Waals surface area contributed by atoms with Crippen molar-refractivity contribution in [2.45, 2.75) is 38.1 Å². The van der Waals surface area contributed by atoms with Gasteiger partial charge >= 0.3 is 0 Å². The van der Waals surface area contributed by atoms with Gasteiger partial charge in [0.2, 0.25) is 11.7 Å². The Balaban J connectivity index is 1.39. The summed E-state index contributed by atoms with van der Waals surface area (Å²) in [7, 11) is 0. The molecule has 0 aliphatic heterocycles. The van der Waals surface area contributed by atoms with Crippen LogP contribution in [0.25, 0.3) is 11.4 Å². The summed E-state index contributed by atoms with van der Waals surface area (Å²) in [5.74, 6) is 1.57. The average Bonchev–Trinajstić information content (AvgIpc) is 3.39. The van der Waals surface area contributed by atoms with Gasteiger partial charge in [-0.1, -0.05) is 53.9 Å². The van der Waals surface area contributed by atoms with Gasteiger partial charge in [-0.05, 0) is 42.7 Å². The minimum absolute atomic E-state index is 0.128. The third-order valence-corrected chi connectivity index (χ3v) is 5.17. The summed E-state index contributed by atoms with van der Waals surface area (Å²) in [6.45, 7) is 0.452. The molecular formula is C21H20ClN3O2. The van der Waals surface area contributed by atoms with Gasteiger partial charge in [0.15, 0.2) is 0 Å². The van der Waals surface area contributed by atoms with Gasteiger partial charge in [-0.15, -0.1) is 0 Å². The Morgan fingerprint density at radius 1 is 1.07 bits per heavy atom. The van der Waals surface area contributed by atoms with Crippen LogP contribution in [0, 0.1) is 0 Å². The highest BCUT2D eigenvalue weighted by Crippen LogP contribution is 2.33. The van der Waals surface area contributed by atoms with E-state index in [0.29, 0.717) is 28.9 Å². The fourth-order valence-corrected chi connectivity index (χ4v) is 3.47. The molecule has 1 aliphatic carbocycles. The van der Waals surface area contributed by atoms with E-state index in [1.54, 1.807) is 12.1 Å². The second-order valence-corrected chi connectivity index (χ2v) is 7.26. The fourth-order valence-electron chi connectivity index (χ4n) is 3.35. The van der Waals surface area contributed by atoms with Gasteiger partial charge in [0.05, 0.1) is 0 Å². The number of nitrogens with zero attached hydrogens (tertiary/aromatic N) is 2. The van der Waals surface area contributed by atoms with Crippen LogP contribution in [0.4, 0.5) is 0 Å². The summed E-state index contributed by atoms with van der Waals surface area (Å²) in [6, 6.07) is 14.6. The predicted molar refractivity (Wildman–Crippen MR) is 104 cm³/mol. The molecule has 5 nitrogen and oxygen atoms in total. The molecule has 1 amide bonds. The highest BCUT2D eigenvalue weighted by Gasteiger charge is 2.23. The third-order valence-electron chi connectivity index (χ3n) is 4.92. The lowest BCUT2D eigenvalue weighted by atomic mass is 10.1. The normalized spacial score (nSPS) is 14.4. The number of amides is 1. The molecule has 6 heteroatoms. The summed E-state index contributed by atoms with van der Waals surface area (Å²) in [4.78, 5) is 16.9. The highest BCUT2D eigenvalue weighted by atomic mass is 35.5. The zero-order valence-corrected chi connectivity index (χ0v) is 15.6. The Morgan fingerprint density at radius 3 is 2.48 bits per heavy atom. The SMILES string of the molecule is O=C(NCc1ccc(Cl)cc1)c1ccc(-c2noc(C3CCCC3)n2)cc1. The smallest absolute Gasteiger partial charge is 0.251 e. The van der Waals surface area contributed by atoms with Gasteiger partial charge in [-0.3, -0.25) is 4.79 Å². The first-order valence-corrected chi connectivity index (χ1v) is 9.53. The molecule has 3 aromatic rings. The van der Waals surface area contributed by atoms with E-state index < -0.39 is 0 Å². The molecule has 0 spiro atoms. The zero-order chi connectivity index (χ0) is 18.6. The van der Waals surface area contributed by atoms with Crippen molar-refractivity contribution in [3.8, 4) is 11.4 Å². The van der Waals surface area contributed by atoms with Gasteiger partial charge in [-0.2, -0.15) is 4.98 Å². The summed E-state index contributed by atoms with van der Waals surface area (Å²) in [5, 5.41) is 7.67. The standard InChI is InChI=1S/C21H20ClN3O2/c22-18-11-5-14(6-12-18)13-23-20(26)16-9-7-15(8-10-16)19-24-21(27-25-19)17-3-1-2-4-17/h5-12,17H,1-4,13H2,(H,23,26). The van der Waals surface area contributed by atoms with E-state index in [1.165, 1.54) is 12.8 Å². The maximum atomic E-state index is 12.3. The van der Waals surface area contributed by atoms with Gasteiger partial charge in [0.1, 0.15) is 0 Å². The monoisotopic (exact) mass is 381 g/mol. The molecule has 1 saturated carbocycles. The maximum Gasteiger partial charge on any atom is 0.251 e. The van der Waals surface area contributed by atoms with E-state index in [1.807, 2.05) is 36.4 Å². The van der Waals surface area contributed by atoms with Crippen molar-refractivity contribution in [1.82, 2.24) is 15.5 Å². The molecule has 1 aliphatic rings. The molecular weight excluding hydrogens is 362 g/mol. The largest absolute Gasteiger partial charge is 0.348 e. The number of hydrogen-bond acceptors (Lipinski definition) is 4. The molecule has 0 unspecified atom stereocenters. The van der Waals surface area contributed by atoms with Crippen LogP contribution in [-0.4, -0.2) is 16.0 Å². The predicted octanol–water partition coefficient (Wildman–Crippen LogP) is 4.98. The van der Waals surface area contributed by atoms with Crippen LogP contribution in [0.15, 0.2) is 53.1 Å². The molecule has 0 bridgehead atoms. The molecule has 4 rings (SSSR count). The van der Waals surface area contributed by atoms with E-state index in [0.717, 1.165) is 29.9 Å². The zero-order valence-electron chi connectivity index (χ0n) is 14.8. The fraction of sp³-hybridized carbons (Fsp3) is 0.286. The van der Waals surface area contributed by atoms with Crippen molar-refractivity contribution in [3.63, 3.8) is 0 Å². The number of carbonyl (C=O) groups excluding carboxylic acids is 1. The van der Waals surface area contributed by atoms with Gasteiger partial charge in [0, 0.05) is 28.6 Å². The summed E-state index contributed by atoms with van der Waals surface area (Å²) in [5.41, 5.74) is 2.43. The van der Waals surface area contributed by atoms with E-state index in [4.69, 9.17) is 16.1 Å². The van der Waals surface area contributed by atoms with Crippen molar-refractivity contribution in [2.75, 3.05) is 0 Å². The van der Waals surface area contributed by atoms with Crippen LogP contribution in [0.1, 0.15) is 53.4 Å². The minimum atomic E-state index is -0.128. The van der Waals surface area contributed by atoms with Crippen LogP contribution in [0.3, 0.4) is 0 Å². The number of nitrogens with one attached hydrogen (secondary N) is 1. The van der Waals surface area contributed by atoms with Crippen molar-refractivity contribution < 1.29 is 9.32 Å². The summed E-state index contributed by atoms with van der Waals surface area (Å²) >= 11 is 5.87. The highest BCUT2D eigenvalue weighted by molar-refractivity contribution is 6.30. The summed E-state index contributed by atoms with van der Waals surface area (Å²) in [6.07, 6.45) is 4.69. The first-order chi connectivity index (χ1) is 13.2. The van der Waals surface area contributed by atoms with Crippen LogP contribution < -0.4 is 5.32 Å². The van der Waals surface area contributed by atoms with Crippen LogP contribution in [-0.2, 0) is 6.54 Å². The Bertz CT molecular complexity index is 913. The second-order valence-electron chi connectivity index (χ2n) is 6.82. The number of aromatic nitrogens is 2. The van der Waals surface area contributed by atoms with Gasteiger partial charge < -0.3 is 9.84 Å². The van der Waals surface area contributed by atoms with Crippen molar-refractivity contribution >= 4 is 17.5 Å². The van der Waals surface area contributed by atoms with Crippen LogP contribution in [0.2, 0.25) is 5.02 Å². The second kappa shape index (κ2) is 7.92. The molecule has 0 saturated heterocycles. The van der Waals surface area contributed by atoms with E-state index in [-0.39, 0.29) is 5.91 Å². The van der Waals surface area contributed by atoms with E-state index >= 15 is 0 Å². The quantitative estimate of drug-likeness (QED) is 0.676. The lowest BCUT2D eigenvalue weighted by molar-refractivity contribution is 0.0951. The average molecular weight is 382 g/mol. The molecule has 1 N–H and O–H groups in total. The Hall–Kier alpha value is -2.66. The lowest BCUT2D eigenvalue weighted by Gasteiger charge is -2.06. The molecule has 0 atom stereocenters. The van der Waals surface area contributed by atoms with Crippen LogP contribution in [0.5, 0.6) is 0 Å². The molecule has 1 fully saturated rings. The minimum Gasteiger partial charge on any atom is -0.348 e.